The first-order valence-corrected chi connectivity index (χ1v) is 9.25. The Balaban J connectivity index is 1.90. The molecule has 0 radical (unpaired) electrons. The maximum absolute atomic E-state index is 5.96. The van der Waals surface area contributed by atoms with Crippen LogP contribution in [0, 0.1) is 0 Å². The molecule has 0 amide bonds. The van der Waals surface area contributed by atoms with E-state index in [0.29, 0.717) is 6.54 Å². The summed E-state index contributed by atoms with van der Waals surface area (Å²) in [6.07, 6.45) is 0. The lowest BCUT2D eigenvalue weighted by molar-refractivity contribution is 0.822. The Kier molecular flexibility index (Phi) is 6.08. The molecule has 0 aliphatic heterocycles. The average Bonchev–Trinajstić information content (AvgIpc) is 2.69. The van der Waals surface area contributed by atoms with Gasteiger partial charge < -0.3 is 10.2 Å². The van der Waals surface area contributed by atoms with Crippen LogP contribution in [0.2, 0.25) is 5.02 Å². The fourth-order valence-corrected chi connectivity index (χ4v) is 2.85. The number of nitrogens with one attached hydrogen (secondary N) is 1. The lowest BCUT2D eigenvalue weighted by atomic mass is 10.1. The lowest BCUT2D eigenvalue weighted by Gasteiger charge is -2.20. The third-order valence-corrected chi connectivity index (χ3v) is 4.47. The molecule has 0 unspecified atom stereocenters. The largest absolute Gasteiger partial charge is 0.366 e. The number of benzene rings is 2. The van der Waals surface area contributed by atoms with Crippen molar-refractivity contribution in [2.45, 2.75) is 20.4 Å². The minimum absolute atomic E-state index is 0.681. The van der Waals surface area contributed by atoms with Crippen LogP contribution in [0.1, 0.15) is 19.4 Å². The summed E-state index contributed by atoms with van der Waals surface area (Å²) in [5.41, 5.74) is 3.15. The van der Waals surface area contributed by atoms with E-state index in [1.807, 2.05) is 48.5 Å². The first kappa shape index (κ1) is 18.2. The molecule has 4 nitrogen and oxygen atoms in total. The van der Waals surface area contributed by atoms with Crippen molar-refractivity contribution in [3.63, 3.8) is 0 Å². The van der Waals surface area contributed by atoms with Gasteiger partial charge in [0.05, 0.1) is 5.69 Å². The summed E-state index contributed by atoms with van der Waals surface area (Å²) in [7, 11) is 0. The van der Waals surface area contributed by atoms with Gasteiger partial charge in [0, 0.05) is 36.3 Å². The van der Waals surface area contributed by atoms with E-state index in [0.717, 1.165) is 46.7 Å². The second-order valence-electron chi connectivity index (χ2n) is 5.96. The Hall–Kier alpha value is -2.59. The highest BCUT2D eigenvalue weighted by molar-refractivity contribution is 6.30. The monoisotopic (exact) mass is 366 g/mol. The smallest absolute Gasteiger partial charge is 0.227 e. The van der Waals surface area contributed by atoms with Crippen molar-refractivity contribution in [2.24, 2.45) is 0 Å². The van der Waals surface area contributed by atoms with E-state index in [4.69, 9.17) is 21.6 Å². The van der Waals surface area contributed by atoms with Crippen molar-refractivity contribution in [3.8, 4) is 11.3 Å². The zero-order valence-corrected chi connectivity index (χ0v) is 15.9. The first-order valence-electron chi connectivity index (χ1n) is 8.87. The van der Waals surface area contributed by atoms with Crippen LogP contribution >= 0.6 is 11.6 Å². The minimum Gasteiger partial charge on any atom is -0.366 e. The molecule has 1 aromatic heterocycles. The van der Waals surface area contributed by atoms with E-state index in [-0.39, 0.29) is 0 Å². The fourth-order valence-electron chi connectivity index (χ4n) is 2.72. The van der Waals surface area contributed by atoms with Crippen molar-refractivity contribution in [1.29, 1.82) is 0 Å². The van der Waals surface area contributed by atoms with Crippen LogP contribution in [0.15, 0.2) is 60.7 Å². The number of nitrogens with zero attached hydrogens (tertiary/aromatic N) is 3. The van der Waals surface area contributed by atoms with Gasteiger partial charge in [-0.3, -0.25) is 0 Å². The standard InChI is InChI=1S/C21H23ClN4/c1-3-26(4-2)21-24-19(17-8-6-5-7-9-17)14-20(25-21)23-15-16-10-12-18(22)13-11-16/h5-14H,3-4,15H2,1-2H3,(H,23,24,25). The van der Waals surface area contributed by atoms with Crippen molar-refractivity contribution in [2.75, 3.05) is 23.3 Å². The highest BCUT2D eigenvalue weighted by Crippen LogP contribution is 2.23. The van der Waals surface area contributed by atoms with Gasteiger partial charge in [0.1, 0.15) is 5.82 Å². The van der Waals surface area contributed by atoms with Crippen LogP contribution in [-0.4, -0.2) is 23.1 Å². The number of hydrogen-bond donors (Lipinski definition) is 1. The molecule has 1 heterocycles. The van der Waals surface area contributed by atoms with Crippen LogP contribution in [0.25, 0.3) is 11.3 Å². The second kappa shape index (κ2) is 8.68. The number of aromatic nitrogens is 2. The topological polar surface area (TPSA) is 41.1 Å². The van der Waals surface area contributed by atoms with Crippen LogP contribution in [0.3, 0.4) is 0 Å². The summed E-state index contributed by atoms with van der Waals surface area (Å²) < 4.78 is 0. The molecule has 3 aromatic rings. The molecule has 3 rings (SSSR count). The van der Waals surface area contributed by atoms with Gasteiger partial charge in [-0.1, -0.05) is 54.1 Å². The zero-order valence-electron chi connectivity index (χ0n) is 15.1. The van der Waals surface area contributed by atoms with E-state index in [1.165, 1.54) is 0 Å². The Morgan fingerprint density at radius 1 is 0.923 bits per heavy atom. The van der Waals surface area contributed by atoms with E-state index in [9.17, 15) is 0 Å². The summed E-state index contributed by atoms with van der Waals surface area (Å²) in [4.78, 5) is 11.6. The number of anilines is 2. The molecule has 0 aliphatic carbocycles. The van der Waals surface area contributed by atoms with E-state index < -0.39 is 0 Å². The van der Waals surface area contributed by atoms with E-state index in [2.05, 4.69) is 36.2 Å². The fraction of sp³-hybridized carbons (Fsp3) is 0.238. The minimum atomic E-state index is 0.681. The SMILES string of the molecule is CCN(CC)c1nc(NCc2ccc(Cl)cc2)cc(-c2ccccc2)n1. The van der Waals surface area contributed by atoms with Gasteiger partial charge in [0.25, 0.3) is 0 Å². The molecule has 26 heavy (non-hydrogen) atoms. The molecule has 5 heteroatoms. The predicted molar refractivity (Wildman–Crippen MR) is 110 cm³/mol. The zero-order chi connectivity index (χ0) is 18.4. The van der Waals surface area contributed by atoms with Crippen LogP contribution in [0.5, 0.6) is 0 Å². The summed E-state index contributed by atoms with van der Waals surface area (Å²) in [5, 5.41) is 4.15. The highest BCUT2D eigenvalue weighted by atomic mass is 35.5. The van der Waals surface area contributed by atoms with E-state index >= 15 is 0 Å². The van der Waals surface area contributed by atoms with Crippen molar-refractivity contribution in [3.05, 3.63) is 71.2 Å². The Bertz CT molecular complexity index is 830. The first-order chi connectivity index (χ1) is 12.7. The molecule has 0 aliphatic rings. The van der Waals surface area contributed by atoms with Gasteiger partial charge in [-0.2, -0.15) is 4.98 Å². The second-order valence-corrected chi connectivity index (χ2v) is 6.39. The Morgan fingerprint density at radius 2 is 1.62 bits per heavy atom. The van der Waals surface area contributed by atoms with Crippen molar-refractivity contribution < 1.29 is 0 Å². The van der Waals surface area contributed by atoms with Gasteiger partial charge in [-0.15, -0.1) is 0 Å². The molecule has 2 aromatic carbocycles. The highest BCUT2D eigenvalue weighted by Gasteiger charge is 2.11. The van der Waals surface area contributed by atoms with Crippen molar-refractivity contribution in [1.82, 2.24) is 9.97 Å². The quantitative estimate of drug-likeness (QED) is 0.619. The molecule has 134 valence electrons. The summed E-state index contributed by atoms with van der Waals surface area (Å²) in [5.74, 6) is 1.56. The summed E-state index contributed by atoms with van der Waals surface area (Å²) in [6.45, 7) is 6.64. The number of halogens is 1. The molecule has 0 spiro atoms. The van der Waals surface area contributed by atoms with Gasteiger partial charge in [0.15, 0.2) is 0 Å². The number of hydrogen-bond acceptors (Lipinski definition) is 4. The normalized spacial score (nSPS) is 10.6. The molecule has 0 fully saturated rings. The summed E-state index contributed by atoms with van der Waals surface area (Å²) in [6, 6.07) is 20.0. The molecule has 0 bridgehead atoms. The Morgan fingerprint density at radius 3 is 2.27 bits per heavy atom. The number of rotatable bonds is 7. The third kappa shape index (κ3) is 4.52. The lowest BCUT2D eigenvalue weighted by Crippen LogP contribution is -2.24. The average molecular weight is 367 g/mol. The van der Waals surface area contributed by atoms with Crippen LogP contribution in [-0.2, 0) is 6.54 Å². The molecule has 0 atom stereocenters. The van der Waals surface area contributed by atoms with Crippen LogP contribution in [0.4, 0.5) is 11.8 Å². The third-order valence-electron chi connectivity index (χ3n) is 4.22. The summed E-state index contributed by atoms with van der Waals surface area (Å²) >= 11 is 5.96. The molecule has 0 saturated heterocycles. The van der Waals surface area contributed by atoms with Crippen molar-refractivity contribution >= 4 is 23.4 Å². The maximum Gasteiger partial charge on any atom is 0.227 e. The Labute approximate surface area is 159 Å². The molecular weight excluding hydrogens is 344 g/mol. The van der Waals surface area contributed by atoms with Gasteiger partial charge in [-0.05, 0) is 31.5 Å². The molecule has 1 N–H and O–H groups in total. The maximum atomic E-state index is 5.96. The van der Waals surface area contributed by atoms with Crippen LogP contribution < -0.4 is 10.2 Å². The van der Waals surface area contributed by atoms with Gasteiger partial charge in [0.2, 0.25) is 5.95 Å². The predicted octanol–water partition coefficient (Wildman–Crippen LogP) is 5.26. The molecular formula is C21H23ClN4. The molecule has 0 saturated carbocycles. The van der Waals surface area contributed by atoms with Gasteiger partial charge in [-0.25, -0.2) is 4.98 Å². The van der Waals surface area contributed by atoms with E-state index in [1.54, 1.807) is 0 Å². The van der Waals surface area contributed by atoms with Gasteiger partial charge >= 0.3 is 0 Å².